The summed E-state index contributed by atoms with van der Waals surface area (Å²) in [4.78, 5) is 34.6. The quantitative estimate of drug-likeness (QED) is 0.567. The summed E-state index contributed by atoms with van der Waals surface area (Å²) in [5.74, 6) is -2.68. The Morgan fingerprint density at radius 2 is 1.86 bits per heavy atom. The highest BCUT2D eigenvalue weighted by atomic mass is 16.6. The van der Waals surface area contributed by atoms with Gasteiger partial charge in [0.05, 0.1) is 6.42 Å². The molecule has 0 aromatic heterocycles. The van der Waals surface area contributed by atoms with Gasteiger partial charge in [-0.1, -0.05) is 6.92 Å². The second-order valence-corrected chi connectivity index (χ2v) is 6.02. The van der Waals surface area contributed by atoms with Gasteiger partial charge in [0.15, 0.2) is 0 Å². The summed E-state index contributed by atoms with van der Waals surface area (Å²) in [7, 11) is 0. The first-order chi connectivity index (χ1) is 9.56. The molecule has 0 radical (unpaired) electrons. The third-order valence-corrected chi connectivity index (χ3v) is 2.69. The number of carboxylic acids is 1. The van der Waals surface area contributed by atoms with Crippen LogP contribution in [0.3, 0.4) is 0 Å². The average molecular weight is 302 g/mol. The van der Waals surface area contributed by atoms with Gasteiger partial charge in [-0.05, 0) is 40.2 Å². The number of hydrogen-bond acceptors (Lipinski definition) is 5. The van der Waals surface area contributed by atoms with E-state index in [1.54, 1.807) is 27.7 Å². The normalized spacial score (nSPS) is 14.1. The molecule has 0 bridgehead atoms. The van der Waals surface area contributed by atoms with Crippen LogP contribution >= 0.6 is 0 Å². The van der Waals surface area contributed by atoms with Crippen LogP contribution in [0.15, 0.2) is 0 Å². The molecule has 7 nitrogen and oxygen atoms in total. The molecule has 0 aliphatic heterocycles. The van der Waals surface area contributed by atoms with Crippen molar-refractivity contribution < 1.29 is 24.2 Å². The van der Waals surface area contributed by atoms with Gasteiger partial charge >= 0.3 is 11.9 Å². The van der Waals surface area contributed by atoms with E-state index in [0.717, 1.165) is 0 Å². The van der Waals surface area contributed by atoms with Crippen molar-refractivity contribution >= 4 is 17.8 Å². The number of carbonyl (C=O) groups is 3. The minimum absolute atomic E-state index is 0.353. The molecule has 0 heterocycles. The molecule has 0 saturated heterocycles. The number of ether oxygens (including phenoxy) is 1. The first-order valence-corrected chi connectivity index (χ1v) is 7.02. The largest absolute Gasteiger partial charge is 0.480 e. The number of esters is 1. The van der Waals surface area contributed by atoms with Crippen LogP contribution in [0.2, 0.25) is 0 Å². The van der Waals surface area contributed by atoms with E-state index in [1.807, 2.05) is 0 Å². The Bertz CT molecular complexity index is 376. The third kappa shape index (κ3) is 9.01. The topological polar surface area (TPSA) is 119 Å². The van der Waals surface area contributed by atoms with Crippen LogP contribution < -0.4 is 11.1 Å². The molecule has 4 N–H and O–H groups in total. The molecule has 0 aromatic rings. The summed E-state index contributed by atoms with van der Waals surface area (Å²) >= 11 is 0. The Morgan fingerprint density at radius 1 is 1.29 bits per heavy atom. The molecule has 2 atom stereocenters. The zero-order valence-electron chi connectivity index (χ0n) is 13.1. The number of carbonyl (C=O) groups excluding carboxylic acids is 2. The molecule has 0 saturated carbocycles. The van der Waals surface area contributed by atoms with Crippen molar-refractivity contribution in [3.8, 4) is 0 Å². The number of carboxylic acid groups (broad SMARTS) is 1. The van der Waals surface area contributed by atoms with E-state index in [-0.39, 0.29) is 5.92 Å². The van der Waals surface area contributed by atoms with Gasteiger partial charge in [-0.2, -0.15) is 0 Å². The minimum Gasteiger partial charge on any atom is -0.480 e. The second kappa shape index (κ2) is 8.61. The Hall–Kier alpha value is -1.63. The van der Waals surface area contributed by atoms with Crippen molar-refractivity contribution in [1.29, 1.82) is 0 Å². The van der Waals surface area contributed by atoms with Crippen LogP contribution in [-0.2, 0) is 19.1 Å². The Kier molecular flexibility index (Phi) is 7.94. The molecule has 1 amide bonds. The number of aliphatic carboxylic acids is 1. The van der Waals surface area contributed by atoms with E-state index in [0.29, 0.717) is 19.4 Å². The van der Waals surface area contributed by atoms with Crippen molar-refractivity contribution in [3.05, 3.63) is 0 Å². The molecular formula is C14H26N2O5. The maximum atomic E-state index is 11.9. The molecule has 0 aliphatic rings. The van der Waals surface area contributed by atoms with E-state index in [2.05, 4.69) is 5.32 Å². The lowest BCUT2D eigenvalue weighted by molar-refractivity contribution is -0.158. The zero-order valence-corrected chi connectivity index (χ0v) is 13.1. The summed E-state index contributed by atoms with van der Waals surface area (Å²) in [5, 5.41) is 11.4. The molecule has 0 aliphatic carbocycles. The van der Waals surface area contributed by atoms with Crippen molar-refractivity contribution in [3.63, 3.8) is 0 Å². The van der Waals surface area contributed by atoms with E-state index < -0.39 is 35.9 Å². The van der Waals surface area contributed by atoms with E-state index in [1.165, 1.54) is 0 Å². The van der Waals surface area contributed by atoms with Crippen molar-refractivity contribution in [2.75, 3.05) is 6.54 Å². The smallest absolute Gasteiger partial charge is 0.326 e. The zero-order chi connectivity index (χ0) is 16.6. The first-order valence-electron chi connectivity index (χ1n) is 7.02. The highest BCUT2D eigenvalue weighted by Gasteiger charge is 2.27. The summed E-state index contributed by atoms with van der Waals surface area (Å²) in [5.41, 5.74) is 4.67. The minimum atomic E-state index is -1.28. The lowest BCUT2D eigenvalue weighted by Gasteiger charge is -2.22. The SMILES string of the molecule is CC(CCCN)C(=O)N[C@@H](CC(=O)OC(C)(C)C)C(=O)O. The van der Waals surface area contributed by atoms with Gasteiger partial charge in [-0.3, -0.25) is 9.59 Å². The van der Waals surface area contributed by atoms with E-state index in [9.17, 15) is 14.4 Å². The van der Waals surface area contributed by atoms with Crippen molar-refractivity contribution in [2.24, 2.45) is 11.7 Å². The number of nitrogens with two attached hydrogens (primary N) is 1. The number of nitrogens with one attached hydrogen (secondary N) is 1. The third-order valence-electron chi connectivity index (χ3n) is 2.69. The van der Waals surface area contributed by atoms with Crippen LogP contribution in [0.4, 0.5) is 0 Å². The lowest BCUT2D eigenvalue weighted by atomic mass is 10.0. The van der Waals surface area contributed by atoms with Crippen molar-refractivity contribution in [1.82, 2.24) is 5.32 Å². The summed E-state index contributed by atoms with van der Waals surface area (Å²) < 4.78 is 5.06. The lowest BCUT2D eigenvalue weighted by Crippen LogP contribution is -2.45. The van der Waals surface area contributed by atoms with Gasteiger partial charge in [0.2, 0.25) is 5.91 Å². The second-order valence-electron chi connectivity index (χ2n) is 6.02. The van der Waals surface area contributed by atoms with Gasteiger partial charge in [0.1, 0.15) is 11.6 Å². The molecule has 0 rings (SSSR count). The number of hydrogen-bond donors (Lipinski definition) is 3. The van der Waals surface area contributed by atoms with E-state index >= 15 is 0 Å². The van der Waals surface area contributed by atoms with Gasteiger partial charge in [0.25, 0.3) is 0 Å². The van der Waals surface area contributed by atoms with Gasteiger partial charge in [-0.15, -0.1) is 0 Å². The summed E-state index contributed by atoms with van der Waals surface area (Å²) in [6.45, 7) is 7.23. The fourth-order valence-corrected chi connectivity index (χ4v) is 1.62. The van der Waals surface area contributed by atoms with Crippen LogP contribution in [-0.4, -0.2) is 41.1 Å². The molecule has 1 unspecified atom stereocenters. The predicted molar refractivity (Wildman–Crippen MR) is 77.5 cm³/mol. The first kappa shape index (κ1) is 19.4. The van der Waals surface area contributed by atoms with Gasteiger partial charge in [0, 0.05) is 5.92 Å². The van der Waals surface area contributed by atoms with Crippen LogP contribution in [0.5, 0.6) is 0 Å². The maximum Gasteiger partial charge on any atom is 0.326 e. The molecule has 122 valence electrons. The molecular weight excluding hydrogens is 276 g/mol. The summed E-state index contributed by atoms with van der Waals surface area (Å²) in [6.07, 6.45) is 0.849. The Labute approximate surface area is 125 Å². The summed E-state index contributed by atoms with van der Waals surface area (Å²) in [6, 6.07) is -1.28. The molecule has 0 aromatic carbocycles. The average Bonchev–Trinajstić information content (AvgIpc) is 2.32. The molecule has 0 fully saturated rings. The Morgan fingerprint density at radius 3 is 2.29 bits per heavy atom. The fourth-order valence-electron chi connectivity index (χ4n) is 1.62. The Balaban J connectivity index is 4.53. The highest BCUT2D eigenvalue weighted by molar-refractivity contribution is 5.88. The number of rotatable bonds is 8. The van der Waals surface area contributed by atoms with Crippen LogP contribution in [0.25, 0.3) is 0 Å². The van der Waals surface area contributed by atoms with Crippen LogP contribution in [0, 0.1) is 5.92 Å². The molecule has 0 spiro atoms. The monoisotopic (exact) mass is 302 g/mol. The van der Waals surface area contributed by atoms with E-state index in [4.69, 9.17) is 15.6 Å². The molecule has 21 heavy (non-hydrogen) atoms. The maximum absolute atomic E-state index is 11.9. The van der Waals surface area contributed by atoms with Crippen LogP contribution in [0.1, 0.15) is 47.0 Å². The number of amides is 1. The highest BCUT2D eigenvalue weighted by Crippen LogP contribution is 2.10. The van der Waals surface area contributed by atoms with Crippen molar-refractivity contribution in [2.45, 2.75) is 58.6 Å². The van der Waals surface area contributed by atoms with Gasteiger partial charge < -0.3 is 20.9 Å². The fraction of sp³-hybridized carbons (Fsp3) is 0.786. The standard InChI is InChI=1S/C14H26N2O5/c1-9(6-5-7-15)12(18)16-10(13(19)20)8-11(17)21-14(2,3)4/h9-10H,5-8,15H2,1-4H3,(H,16,18)(H,19,20)/t9?,10-/m0/s1. The predicted octanol–water partition coefficient (Wildman–Crippen LogP) is 0.663. The molecule has 7 heteroatoms. The van der Waals surface area contributed by atoms with Gasteiger partial charge in [-0.25, -0.2) is 4.79 Å².